The number of hydrogen-bond donors (Lipinski definition) is 0. The second kappa shape index (κ2) is 15.9. The van der Waals surface area contributed by atoms with E-state index in [0.717, 1.165) is 18.4 Å². The first-order valence-corrected chi connectivity index (χ1v) is 13.9. The molecule has 4 heteroatoms. The molecular formula is C32H42N2O2. The molecule has 0 aliphatic heterocycles. The van der Waals surface area contributed by atoms with Crippen molar-refractivity contribution in [3.05, 3.63) is 77.6 Å². The number of aromatic nitrogens is 2. The fourth-order valence-corrected chi connectivity index (χ4v) is 4.35. The highest BCUT2D eigenvalue weighted by molar-refractivity contribution is 5.91. The third kappa shape index (κ3) is 9.56. The molecule has 1 heterocycles. The van der Waals surface area contributed by atoms with Crippen LogP contribution in [0, 0.1) is 0 Å². The predicted molar refractivity (Wildman–Crippen MR) is 148 cm³/mol. The SMILES string of the molecule is CCCCCCCCCc1ccc(C(=O)Oc2cnc(-c3ccc(CCCCCC)cc3)nc2)cc1. The van der Waals surface area contributed by atoms with Gasteiger partial charge in [0.25, 0.3) is 0 Å². The lowest BCUT2D eigenvalue weighted by Gasteiger charge is -2.07. The van der Waals surface area contributed by atoms with Crippen LogP contribution in [0.4, 0.5) is 0 Å². The average molecular weight is 487 g/mol. The van der Waals surface area contributed by atoms with Crippen molar-refractivity contribution in [2.24, 2.45) is 0 Å². The monoisotopic (exact) mass is 486 g/mol. The van der Waals surface area contributed by atoms with Gasteiger partial charge in [-0.2, -0.15) is 0 Å². The summed E-state index contributed by atoms with van der Waals surface area (Å²) < 4.78 is 5.50. The summed E-state index contributed by atoms with van der Waals surface area (Å²) >= 11 is 0. The Morgan fingerprint density at radius 3 is 1.67 bits per heavy atom. The molecule has 0 atom stereocenters. The molecule has 0 fully saturated rings. The van der Waals surface area contributed by atoms with Gasteiger partial charge in [0.2, 0.25) is 0 Å². The maximum absolute atomic E-state index is 12.6. The number of ether oxygens (including phenoxy) is 1. The van der Waals surface area contributed by atoms with Crippen molar-refractivity contribution in [2.75, 3.05) is 0 Å². The smallest absolute Gasteiger partial charge is 0.343 e. The lowest BCUT2D eigenvalue weighted by Crippen LogP contribution is -2.09. The van der Waals surface area contributed by atoms with Gasteiger partial charge < -0.3 is 4.74 Å². The molecule has 3 aromatic rings. The van der Waals surface area contributed by atoms with Crippen LogP contribution < -0.4 is 4.74 Å². The summed E-state index contributed by atoms with van der Waals surface area (Å²) in [5, 5.41) is 0. The number of carbonyl (C=O) groups excluding carboxylic acids is 1. The first-order chi connectivity index (χ1) is 17.7. The normalized spacial score (nSPS) is 10.9. The Morgan fingerprint density at radius 2 is 1.11 bits per heavy atom. The molecule has 0 amide bonds. The van der Waals surface area contributed by atoms with E-state index in [9.17, 15) is 4.79 Å². The van der Waals surface area contributed by atoms with Gasteiger partial charge in [-0.25, -0.2) is 14.8 Å². The molecule has 4 nitrogen and oxygen atoms in total. The van der Waals surface area contributed by atoms with Crippen molar-refractivity contribution in [2.45, 2.75) is 97.3 Å². The van der Waals surface area contributed by atoms with Crippen LogP contribution in [0.1, 0.15) is 106 Å². The quantitative estimate of drug-likeness (QED) is 0.150. The third-order valence-corrected chi connectivity index (χ3v) is 6.63. The van der Waals surface area contributed by atoms with Crippen molar-refractivity contribution in [1.82, 2.24) is 9.97 Å². The van der Waals surface area contributed by atoms with Crippen LogP contribution in [0.25, 0.3) is 11.4 Å². The molecule has 0 N–H and O–H groups in total. The molecule has 192 valence electrons. The number of esters is 1. The summed E-state index contributed by atoms with van der Waals surface area (Å²) in [7, 11) is 0. The van der Waals surface area contributed by atoms with Crippen molar-refractivity contribution >= 4 is 5.97 Å². The number of aryl methyl sites for hydroxylation is 2. The molecule has 0 unspecified atom stereocenters. The number of nitrogens with zero attached hydrogens (tertiary/aromatic N) is 2. The lowest BCUT2D eigenvalue weighted by atomic mass is 10.0. The number of unbranched alkanes of at least 4 members (excludes halogenated alkanes) is 9. The number of rotatable bonds is 16. The van der Waals surface area contributed by atoms with Gasteiger partial charge in [0.15, 0.2) is 11.6 Å². The molecule has 0 bridgehead atoms. The van der Waals surface area contributed by atoms with Crippen LogP contribution in [0.15, 0.2) is 60.9 Å². The van der Waals surface area contributed by atoms with Crippen LogP contribution in [0.2, 0.25) is 0 Å². The molecule has 0 aliphatic rings. The largest absolute Gasteiger partial charge is 0.420 e. The van der Waals surface area contributed by atoms with E-state index in [1.54, 1.807) is 12.4 Å². The molecule has 0 radical (unpaired) electrons. The molecule has 1 aromatic heterocycles. The zero-order chi connectivity index (χ0) is 25.4. The lowest BCUT2D eigenvalue weighted by molar-refractivity contribution is 0.0733. The van der Waals surface area contributed by atoms with Gasteiger partial charge in [-0.3, -0.25) is 0 Å². The summed E-state index contributed by atoms with van der Waals surface area (Å²) in [6, 6.07) is 16.2. The molecule has 3 rings (SSSR count). The summed E-state index contributed by atoms with van der Waals surface area (Å²) in [6.07, 6.45) is 19.5. The highest BCUT2D eigenvalue weighted by atomic mass is 16.5. The Bertz CT molecular complexity index is 1010. The molecule has 0 saturated heterocycles. The fraction of sp³-hybridized carbons (Fsp3) is 0.469. The molecule has 0 saturated carbocycles. The van der Waals surface area contributed by atoms with Crippen LogP contribution in [-0.2, 0) is 12.8 Å². The summed E-state index contributed by atoms with van der Waals surface area (Å²) in [5.41, 5.74) is 4.10. The molecule has 36 heavy (non-hydrogen) atoms. The van der Waals surface area contributed by atoms with Crippen LogP contribution in [0.5, 0.6) is 5.75 Å². The van der Waals surface area contributed by atoms with E-state index < -0.39 is 0 Å². The number of hydrogen-bond acceptors (Lipinski definition) is 4. The topological polar surface area (TPSA) is 52.1 Å². The fourth-order valence-electron chi connectivity index (χ4n) is 4.35. The van der Waals surface area contributed by atoms with E-state index in [4.69, 9.17) is 4.74 Å². The number of benzene rings is 2. The minimum Gasteiger partial charge on any atom is -0.420 e. The Balaban J connectivity index is 1.44. The minimum absolute atomic E-state index is 0.350. The highest BCUT2D eigenvalue weighted by Crippen LogP contribution is 2.19. The summed E-state index contributed by atoms with van der Waals surface area (Å²) in [4.78, 5) is 21.4. The van der Waals surface area contributed by atoms with E-state index >= 15 is 0 Å². The summed E-state index contributed by atoms with van der Waals surface area (Å²) in [5.74, 6) is 0.590. The van der Waals surface area contributed by atoms with Gasteiger partial charge in [-0.15, -0.1) is 0 Å². The highest BCUT2D eigenvalue weighted by Gasteiger charge is 2.10. The van der Waals surface area contributed by atoms with Crippen molar-refractivity contribution in [3.8, 4) is 17.1 Å². The van der Waals surface area contributed by atoms with Gasteiger partial charge >= 0.3 is 5.97 Å². The molecular weight excluding hydrogens is 444 g/mol. The van der Waals surface area contributed by atoms with Gasteiger partial charge in [-0.05, 0) is 48.9 Å². The maximum Gasteiger partial charge on any atom is 0.343 e. The average Bonchev–Trinajstić information content (AvgIpc) is 2.92. The predicted octanol–water partition coefficient (Wildman–Crippen LogP) is 8.78. The third-order valence-electron chi connectivity index (χ3n) is 6.63. The molecule has 2 aromatic carbocycles. The van der Waals surface area contributed by atoms with Gasteiger partial charge in [0.1, 0.15) is 0 Å². The van der Waals surface area contributed by atoms with Gasteiger partial charge in [0, 0.05) is 5.56 Å². The zero-order valence-corrected chi connectivity index (χ0v) is 22.2. The van der Waals surface area contributed by atoms with E-state index in [2.05, 4.69) is 48.1 Å². The second-order valence-corrected chi connectivity index (χ2v) is 9.71. The Kier molecular flexibility index (Phi) is 12.2. The first-order valence-electron chi connectivity index (χ1n) is 13.9. The molecule has 0 spiro atoms. The van der Waals surface area contributed by atoms with Crippen molar-refractivity contribution in [3.63, 3.8) is 0 Å². The Morgan fingerprint density at radius 1 is 0.639 bits per heavy atom. The van der Waals surface area contributed by atoms with Crippen molar-refractivity contribution < 1.29 is 9.53 Å². The van der Waals surface area contributed by atoms with Crippen LogP contribution in [0.3, 0.4) is 0 Å². The van der Waals surface area contributed by atoms with Gasteiger partial charge in [0.05, 0.1) is 18.0 Å². The van der Waals surface area contributed by atoms with Crippen molar-refractivity contribution in [1.29, 1.82) is 0 Å². The Labute approximate surface area is 217 Å². The van der Waals surface area contributed by atoms with Crippen LogP contribution >= 0.6 is 0 Å². The maximum atomic E-state index is 12.6. The van der Waals surface area contributed by atoms with Crippen LogP contribution in [-0.4, -0.2) is 15.9 Å². The standard InChI is InChI=1S/C32H42N2O2/c1-3-5-7-9-10-11-13-15-27-18-22-29(23-19-27)32(35)36-30-24-33-31(34-25-30)28-20-16-26(17-21-28)14-12-8-6-4-2/h16-25H,3-15H2,1-2H3. The second-order valence-electron chi connectivity index (χ2n) is 9.71. The van der Waals surface area contributed by atoms with E-state index in [1.807, 2.05) is 24.3 Å². The van der Waals surface area contributed by atoms with E-state index in [0.29, 0.717) is 17.1 Å². The Hall–Kier alpha value is -3.01. The van der Waals surface area contributed by atoms with Gasteiger partial charge in [-0.1, -0.05) is 108 Å². The van der Waals surface area contributed by atoms with E-state index in [-0.39, 0.29) is 5.97 Å². The minimum atomic E-state index is -0.388. The molecule has 0 aliphatic carbocycles. The van der Waals surface area contributed by atoms with E-state index in [1.165, 1.54) is 81.8 Å². The first kappa shape index (κ1) is 27.6. The number of carbonyl (C=O) groups is 1. The zero-order valence-electron chi connectivity index (χ0n) is 22.2. The summed E-state index contributed by atoms with van der Waals surface area (Å²) in [6.45, 7) is 4.48.